The van der Waals surface area contributed by atoms with Crippen molar-refractivity contribution in [3.05, 3.63) is 54.2 Å². The fraction of sp³-hybridized carbons (Fsp3) is 0.348. The second-order valence-corrected chi connectivity index (χ2v) is 8.33. The number of nitrogens with one attached hydrogen (secondary N) is 2. The lowest BCUT2D eigenvalue weighted by molar-refractivity contribution is -0.274. The number of hydrogen-bond acceptors (Lipinski definition) is 6. The molecule has 2 aliphatic rings. The van der Waals surface area contributed by atoms with Gasteiger partial charge in [-0.15, -0.1) is 13.2 Å². The van der Waals surface area contributed by atoms with Crippen molar-refractivity contribution in [1.29, 1.82) is 0 Å². The van der Waals surface area contributed by atoms with Crippen LogP contribution in [-0.4, -0.2) is 47.4 Å². The van der Waals surface area contributed by atoms with Gasteiger partial charge in [0.05, 0.1) is 5.52 Å². The first-order chi connectivity index (χ1) is 15.8. The summed E-state index contributed by atoms with van der Waals surface area (Å²) in [6.45, 7) is 1.88. The number of carbonyl (C=O) groups excluding carboxylic acids is 1. The Labute approximate surface area is 188 Å². The Morgan fingerprint density at radius 2 is 2.03 bits per heavy atom. The van der Waals surface area contributed by atoms with Crippen LogP contribution in [0.15, 0.2) is 48.7 Å². The van der Waals surface area contributed by atoms with Gasteiger partial charge in [-0.1, -0.05) is 12.1 Å². The maximum atomic E-state index is 12.3. The van der Waals surface area contributed by atoms with E-state index in [1.54, 1.807) is 12.3 Å². The van der Waals surface area contributed by atoms with Crippen molar-refractivity contribution in [3.8, 4) is 5.75 Å². The van der Waals surface area contributed by atoms with Crippen molar-refractivity contribution in [1.82, 2.24) is 15.3 Å². The number of hydrogen-bond donors (Lipinski definition) is 2. The summed E-state index contributed by atoms with van der Waals surface area (Å²) in [6.07, 6.45) is -1.24. The topological polar surface area (TPSA) is 79.4 Å². The first-order valence-corrected chi connectivity index (χ1v) is 10.7. The zero-order valence-corrected chi connectivity index (χ0v) is 17.6. The maximum Gasteiger partial charge on any atom is 0.573 e. The highest BCUT2D eigenvalue weighted by Gasteiger charge is 2.38. The molecular formula is C23H22F3N5O2. The van der Waals surface area contributed by atoms with Gasteiger partial charge in [0.15, 0.2) is 0 Å². The predicted octanol–water partition coefficient (Wildman–Crippen LogP) is 3.65. The van der Waals surface area contributed by atoms with E-state index >= 15 is 0 Å². The van der Waals surface area contributed by atoms with Crippen LogP contribution in [0.1, 0.15) is 18.4 Å². The minimum absolute atomic E-state index is 0.192. The van der Waals surface area contributed by atoms with Crippen molar-refractivity contribution in [2.24, 2.45) is 0 Å². The Bertz CT molecular complexity index is 1170. The number of aryl methyl sites for hydroxylation is 1. The highest BCUT2D eigenvalue weighted by Crippen LogP contribution is 2.28. The molecule has 0 radical (unpaired) electrons. The molecule has 2 N–H and O–H groups in total. The minimum Gasteiger partial charge on any atom is -0.406 e. The molecule has 0 spiro atoms. The molecule has 0 saturated carbocycles. The van der Waals surface area contributed by atoms with Crippen molar-refractivity contribution in [2.75, 3.05) is 23.3 Å². The zero-order valence-electron chi connectivity index (χ0n) is 17.6. The fourth-order valence-corrected chi connectivity index (χ4v) is 4.38. The van der Waals surface area contributed by atoms with Crippen molar-refractivity contribution in [3.63, 3.8) is 0 Å². The summed E-state index contributed by atoms with van der Waals surface area (Å²) in [4.78, 5) is 23.8. The van der Waals surface area contributed by atoms with Gasteiger partial charge in [0.1, 0.15) is 5.75 Å². The Morgan fingerprint density at radius 1 is 1.21 bits per heavy atom. The quantitative estimate of drug-likeness (QED) is 0.588. The average Bonchev–Trinajstić information content (AvgIpc) is 3.41. The van der Waals surface area contributed by atoms with E-state index in [0.717, 1.165) is 41.9 Å². The molecule has 3 heterocycles. The van der Waals surface area contributed by atoms with Crippen LogP contribution in [0, 0.1) is 0 Å². The number of benzene rings is 2. The third-order valence-electron chi connectivity index (χ3n) is 5.96. The molecule has 2 atom stereocenters. The average molecular weight is 457 g/mol. The molecule has 10 heteroatoms. The summed E-state index contributed by atoms with van der Waals surface area (Å²) in [6, 6.07) is 12.0. The third-order valence-corrected chi connectivity index (χ3v) is 5.96. The summed E-state index contributed by atoms with van der Waals surface area (Å²) < 4.78 is 40.6. The van der Waals surface area contributed by atoms with Gasteiger partial charge >= 0.3 is 6.36 Å². The lowest BCUT2D eigenvalue weighted by Gasteiger charge is -2.27. The Balaban J connectivity index is 1.17. The highest BCUT2D eigenvalue weighted by atomic mass is 19.4. The smallest absolute Gasteiger partial charge is 0.406 e. The summed E-state index contributed by atoms with van der Waals surface area (Å²) >= 11 is 0. The number of aromatic nitrogens is 2. The molecule has 2 fully saturated rings. The van der Waals surface area contributed by atoms with Crippen molar-refractivity contribution >= 4 is 28.4 Å². The number of anilines is 2. The predicted molar refractivity (Wildman–Crippen MR) is 117 cm³/mol. The Hall–Kier alpha value is -3.40. The van der Waals surface area contributed by atoms with Crippen LogP contribution in [0.5, 0.6) is 5.75 Å². The van der Waals surface area contributed by atoms with Crippen molar-refractivity contribution in [2.45, 2.75) is 37.7 Å². The molecular weight excluding hydrogens is 435 g/mol. The number of alkyl halides is 3. The number of halogens is 3. The van der Waals surface area contributed by atoms with E-state index < -0.39 is 6.36 Å². The number of amides is 1. The molecule has 2 saturated heterocycles. The second kappa shape index (κ2) is 8.51. The first kappa shape index (κ1) is 21.4. The first-order valence-electron chi connectivity index (χ1n) is 10.7. The molecule has 5 rings (SSSR count). The van der Waals surface area contributed by atoms with Gasteiger partial charge in [-0.3, -0.25) is 4.79 Å². The second-order valence-electron chi connectivity index (χ2n) is 8.33. The van der Waals surface area contributed by atoms with Gasteiger partial charge in [-0.2, -0.15) is 0 Å². The monoisotopic (exact) mass is 457 g/mol. The highest BCUT2D eigenvalue weighted by molar-refractivity contribution is 5.93. The number of fused-ring (bicyclic) bond motifs is 3. The SMILES string of the molecule is O=C(CCc1ccc(OC(F)(F)F)cc1)Nc1ccc2nc(N3CC4CC3CN4)ncc2c1. The Kier molecular flexibility index (Phi) is 5.53. The summed E-state index contributed by atoms with van der Waals surface area (Å²) in [5, 5.41) is 7.15. The molecule has 3 aromatic rings. The van der Waals surface area contributed by atoms with Gasteiger partial charge in [0.2, 0.25) is 11.9 Å². The molecule has 0 aliphatic carbocycles. The normalized spacial score (nSPS) is 19.8. The standard InChI is InChI=1S/C23H22F3N5O2/c24-23(25,26)33-19-5-1-14(2-6-19)3-8-21(32)29-16-4-7-20-15(9-16)11-28-22(30-20)31-13-17-10-18(31)12-27-17/h1-2,4-7,9,11,17-18,27H,3,8,10,12-13H2,(H,29,32). The van der Waals surface area contributed by atoms with Crippen LogP contribution < -0.4 is 20.3 Å². The van der Waals surface area contributed by atoms with Gasteiger partial charge < -0.3 is 20.3 Å². The van der Waals surface area contributed by atoms with Crippen LogP contribution in [0.25, 0.3) is 10.9 Å². The van der Waals surface area contributed by atoms with E-state index in [1.807, 2.05) is 12.1 Å². The van der Waals surface area contributed by atoms with E-state index in [2.05, 4.69) is 25.3 Å². The van der Waals surface area contributed by atoms with Gasteiger partial charge in [0.25, 0.3) is 0 Å². The lowest BCUT2D eigenvalue weighted by Crippen LogP contribution is -2.44. The van der Waals surface area contributed by atoms with Crippen molar-refractivity contribution < 1.29 is 22.7 Å². The van der Waals surface area contributed by atoms with Crippen LogP contribution in [-0.2, 0) is 11.2 Å². The van der Waals surface area contributed by atoms with E-state index in [-0.39, 0.29) is 18.1 Å². The van der Waals surface area contributed by atoms with Crippen LogP contribution in [0.2, 0.25) is 0 Å². The van der Waals surface area contributed by atoms with Crippen LogP contribution in [0.3, 0.4) is 0 Å². The van der Waals surface area contributed by atoms with E-state index in [4.69, 9.17) is 4.98 Å². The molecule has 1 aromatic heterocycles. The molecule has 2 aromatic carbocycles. The van der Waals surface area contributed by atoms with Gasteiger partial charge in [0, 0.05) is 48.9 Å². The van der Waals surface area contributed by atoms with E-state index in [0.29, 0.717) is 24.2 Å². The zero-order chi connectivity index (χ0) is 23.0. The van der Waals surface area contributed by atoms with E-state index in [9.17, 15) is 18.0 Å². The number of ether oxygens (including phenoxy) is 1. The molecule has 33 heavy (non-hydrogen) atoms. The number of rotatable bonds is 6. The fourth-order valence-electron chi connectivity index (χ4n) is 4.38. The summed E-state index contributed by atoms with van der Waals surface area (Å²) in [5.41, 5.74) is 2.20. The molecule has 2 unspecified atom stereocenters. The summed E-state index contributed by atoms with van der Waals surface area (Å²) in [7, 11) is 0. The van der Waals surface area contributed by atoms with E-state index in [1.165, 1.54) is 24.3 Å². The molecule has 172 valence electrons. The lowest BCUT2D eigenvalue weighted by atomic mass is 10.1. The van der Waals surface area contributed by atoms with Crippen LogP contribution in [0.4, 0.5) is 24.8 Å². The number of nitrogens with zero attached hydrogens (tertiary/aromatic N) is 3. The molecule has 2 bridgehead atoms. The molecule has 7 nitrogen and oxygen atoms in total. The van der Waals surface area contributed by atoms with Gasteiger partial charge in [-0.05, 0) is 48.7 Å². The molecule has 1 amide bonds. The van der Waals surface area contributed by atoms with Crippen LogP contribution >= 0.6 is 0 Å². The maximum absolute atomic E-state index is 12.3. The summed E-state index contributed by atoms with van der Waals surface area (Å²) in [5.74, 6) is 0.259. The third kappa shape index (κ3) is 5.00. The largest absolute Gasteiger partial charge is 0.573 e. The van der Waals surface area contributed by atoms with Gasteiger partial charge in [-0.25, -0.2) is 9.97 Å². The number of piperazine rings is 1. The number of carbonyl (C=O) groups is 1. The Morgan fingerprint density at radius 3 is 2.73 bits per heavy atom. The molecule has 2 aliphatic heterocycles. The minimum atomic E-state index is -4.72.